The molecule has 0 fully saturated rings. The quantitative estimate of drug-likeness (QED) is 0.625. The lowest BCUT2D eigenvalue weighted by molar-refractivity contribution is 0.0956. The van der Waals surface area contributed by atoms with Crippen LogP contribution in [0.5, 0.6) is 0 Å². The average Bonchev–Trinajstić information content (AvgIpc) is 2.27. The molecule has 5 heteroatoms. The Balaban J connectivity index is 0.00000225. The minimum absolute atomic E-state index is 0. The molecule has 0 saturated carbocycles. The lowest BCUT2D eigenvalue weighted by atomic mass is 10.2. The van der Waals surface area contributed by atoms with Crippen molar-refractivity contribution in [2.24, 2.45) is 0 Å². The summed E-state index contributed by atoms with van der Waals surface area (Å²) in [5, 5.41) is 9.90. The van der Waals surface area contributed by atoms with Crippen LogP contribution >= 0.6 is 12.4 Å². The number of carbonyl (C=O) groups is 1. The van der Waals surface area contributed by atoms with Crippen molar-refractivity contribution >= 4 is 24.2 Å². The van der Waals surface area contributed by atoms with Crippen LogP contribution in [0.2, 0.25) is 0 Å². The van der Waals surface area contributed by atoms with Gasteiger partial charge in [0, 0.05) is 5.56 Å². The van der Waals surface area contributed by atoms with Crippen LogP contribution in [0.15, 0.2) is 30.3 Å². The van der Waals surface area contributed by atoms with Crippen LogP contribution in [0.4, 0.5) is 0 Å². The number of ether oxygens (including phenoxy) is 1. The Bertz CT molecular complexity index is 341. The van der Waals surface area contributed by atoms with Crippen LogP contribution in [0.1, 0.15) is 17.3 Å². The zero-order chi connectivity index (χ0) is 11.1. The average molecular weight is 243 g/mol. The molecule has 88 valence electrons. The second kappa shape index (κ2) is 7.70. The number of hydrogen-bond acceptors (Lipinski definition) is 3. The first-order chi connectivity index (χ1) is 7.24. The molecular formula is C11H15ClN2O2. The molecule has 0 saturated heterocycles. The number of nitrogens with one attached hydrogen (secondary N) is 2. The van der Waals surface area contributed by atoms with E-state index in [0.717, 1.165) is 0 Å². The SMILES string of the molecule is CCOC(=N)CNC(=O)c1ccccc1.Cl. The van der Waals surface area contributed by atoms with Gasteiger partial charge in [-0.3, -0.25) is 10.2 Å². The van der Waals surface area contributed by atoms with Crippen LogP contribution in [-0.4, -0.2) is 25.0 Å². The van der Waals surface area contributed by atoms with E-state index in [1.165, 1.54) is 0 Å². The monoisotopic (exact) mass is 242 g/mol. The highest BCUT2D eigenvalue weighted by Crippen LogP contribution is 1.97. The molecule has 0 aliphatic carbocycles. The Morgan fingerprint density at radius 1 is 1.38 bits per heavy atom. The van der Waals surface area contributed by atoms with E-state index < -0.39 is 0 Å². The summed E-state index contributed by atoms with van der Waals surface area (Å²) in [7, 11) is 0. The summed E-state index contributed by atoms with van der Waals surface area (Å²) in [4.78, 5) is 11.5. The summed E-state index contributed by atoms with van der Waals surface area (Å²) in [6.45, 7) is 2.37. The molecule has 4 nitrogen and oxygen atoms in total. The molecule has 1 rings (SSSR count). The Morgan fingerprint density at radius 2 is 2.00 bits per heavy atom. The Kier molecular flexibility index (Phi) is 6.96. The molecule has 0 aliphatic heterocycles. The molecule has 0 atom stereocenters. The van der Waals surface area contributed by atoms with Crippen molar-refractivity contribution in [1.82, 2.24) is 5.32 Å². The van der Waals surface area contributed by atoms with Crippen molar-refractivity contribution in [2.75, 3.05) is 13.2 Å². The van der Waals surface area contributed by atoms with E-state index in [0.29, 0.717) is 12.2 Å². The molecular weight excluding hydrogens is 228 g/mol. The topological polar surface area (TPSA) is 62.2 Å². The van der Waals surface area contributed by atoms with Gasteiger partial charge in [-0.1, -0.05) is 18.2 Å². The van der Waals surface area contributed by atoms with E-state index in [9.17, 15) is 4.79 Å². The van der Waals surface area contributed by atoms with Crippen molar-refractivity contribution in [3.8, 4) is 0 Å². The predicted octanol–water partition coefficient (Wildman–Crippen LogP) is 1.85. The number of benzene rings is 1. The number of halogens is 1. The zero-order valence-electron chi connectivity index (χ0n) is 9.03. The molecule has 2 N–H and O–H groups in total. The van der Waals surface area contributed by atoms with E-state index in [-0.39, 0.29) is 30.8 Å². The maximum Gasteiger partial charge on any atom is 0.251 e. The van der Waals surface area contributed by atoms with Gasteiger partial charge in [0.25, 0.3) is 5.91 Å². The first-order valence-corrected chi connectivity index (χ1v) is 4.77. The minimum Gasteiger partial charge on any atom is -0.480 e. The Hall–Kier alpha value is -1.55. The van der Waals surface area contributed by atoms with Gasteiger partial charge in [-0.2, -0.15) is 0 Å². The predicted molar refractivity (Wildman–Crippen MR) is 65.4 cm³/mol. The molecule has 0 spiro atoms. The molecule has 0 aliphatic rings. The van der Waals surface area contributed by atoms with Crippen molar-refractivity contribution in [2.45, 2.75) is 6.92 Å². The summed E-state index contributed by atoms with van der Waals surface area (Å²) in [6, 6.07) is 8.88. The van der Waals surface area contributed by atoms with Gasteiger partial charge in [-0.15, -0.1) is 12.4 Å². The van der Waals surface area contributed by atoms with Gasteiger partial charge in [-0.05, 0) is 19.1 Å². The van der Waals surface area contributed by atoms with Crippen LogP contribution < -0.4 is 5.32 Å². The maximum absolute atomic E-state index is 11.5. The molecule has 0 radical (unpaired) electrons. The van der Waals surface area contributed by atoms with Crippen LogP contribution in [0.3, 0.4) is 0 Å². The number of hydrogen-bond donors (Lipinski definition) is 2. The number of amides is 1. The maximum atomic E-state index is 11.5. The van der Waals surface area contributed by atoms with E-state index in [1.807, 2.05) is 6.07 Å². The highest BCUT2D eigenvalue weighted by Gasteiger charge is 2.04. The van der Waals surface area contributed by atoms with Gasteiger partial charge < -0.3 is 10.1 Å². The highest BCUT2D eigenvalue weighted by molar-refractivity contribution is 5.96. The van der Waals surface area contributed by atoms with Crippen LogP contribution in [0, 0.1) is 5.41 Å². The highest BCUT2D eigenvalue weighted by atomic mass is 35.5. The van der Waals surface area contributed by atoms with Crippen molar-refractivity contribution in [3.05, 3.63) is 35.9 Å². The third kappa shape index (κ3) is 4.79. The molecule has 0 aromatic heterocycles. The fourth-order valence-corrected chi connectivity index (χ4v) is 1.08. The van der Waals surface area contributed by atoms with Crippen molar-refractivity contribution < 1.29 is 9.53 Å². The Labute approximate surface area is 101 Å². The summed E-state index contributed by atoms with van der Waals surface area (Å²) < 4.78 is 4.90. The van der Waals surface area contributed by atoms with Gasteiger partial charge >= 0.3 is 0 Å². The summed E-state index contributed by atoms with van der Waals surface area (Å²) >= 11 is 0. The molecule has 1 amide bonds. The lowest BCUT2D eigenvalue weighted by Gasteiger charge is -2.06. The molecule has 0 heterocycles. The van der Waals surface area contributed by atoms with E-state index in [4.69, 9.17) is 10.1 Å². The van der Waals surface area contributed by atoms with Gasteiger partial charge in [0.05, 0.1) is 13.2 Å². The number of carbonyl (C=O) groups excluding carboxylic acids is 1. The largest absolute Gasteiger partial charge is 0.480 e. The minimum atomic E-state index is -0.194. The first kappa shape index (κ1) is 14.5. The smallest absolute Gasteiger partial charge is 0.251 e. The zero-order valence-corrected chi connectivity index (χ0v) is 9.84. The first-order valence-electron chi connectivity index (χ1n) is 4.77. The van der Waals surface area contributed by atoms with Crippen LogP contribution in [0.25, 0.3) is 0 Å². The van der Waals surface area contributed by atoms with E-state index >= 15 is 0 Å². The normalized spacial score (nSPS) is 8.81. The lowest BCUT2D eigenvalue weighted by Crippen LogP contribution is -2.30. The Morgan fingerprint density at radius 3 is 2.56 bits per heavy atom. The summed E-state index contributed by atoms with van der Waals surface area (Å²) in [5.74, 6) is -0.123. The molecule has 1 aromatic carbocycles. The molecule has 1 aromatic rings. The van der Waals surface area contributed by atoms with E-state index in [2.05, 4.69) is 5.32 Å². The standard InChI is InChI=1S/C11H14N2O2.ClH/c1-2-15-10(12)8-13-11(14)9-6-4-3-5-7-9;/h3-7,12H,2,8H2,1H3,(H,13,14);1H. The summed E-state index contributed by atoms with van der Waals surface area (Å²) in [5.41, 5.74) is 0.585. The third-order valence-corrected chi connectivity index (χ3v) is 1.76. The van der Waals surface area contributed by atoms with Crippen LogP contribution in [-0.2, 0) is 4.74 Å². The second-order valence-corrected chi connectivity index (χ2v) is 2.90. The fourth-order valence-electron chi connectivity index (χ4n) is 1.08. The van der Waals surface area contributed by atoms with Gasteiger partial charge in [0.2, 0.25) is 0 Å². The molecule has 16 heavy (non-hydrogen) atoms. The molecule has 0 unspecified atom stereocenters. The van der Waals surface area contributed by atoms with E-state index in [1.54, 1.807) is 31.2 Å². The third-order valence-electron chi connectivity index (χ3n) is 1.76. The van der Waals surface area contributed by atoms with Crippen molar-refractivity contribution in [1.29, 1.82) is 5.41 Å². The number of rotatable bonds is 4. The van der Waals surface area contributed by atoms with Gasteiger partial charge in [-0.25, -0.2) is 0 Å². The molecule has 0 bridgehead atoms. The second-order valence-electron chi connectivity index (χ2n) is 2.90. The van der Waals surface area contributed by atoms with Crippen molar-refractivity contribution in [3.63, 3.8) is 0 Å². The summed E-state index contributed by atoms with van der Waals surface area (Å²) in [6.07, 6.45) is 0. The fraction of sp³-hybridized carbons (Fsp3) is 0.273. The van der Waals surface area contributed by atoms with Gasteiger partial charge in [0.1, 0.15) is 0 Å². The van der Waals surface area contributed by atoms with Gasteiger partial charge in [0.15, 0.2) is 5.90 Å².